The van der Waals surface area contributed by atoms with Gasteiger partial charge in [0.1, 0.15) is 0 Å². The molecular formula is C16H13F3O. The molecule has 1 aliphatic rings. The molecule has 1 aromatic rings. The number of halogens is 3. The zero-order valence-electron chi connectivity index (χ0n) is 10.5. The summed E-state index contributed by atoms with van der Waals surface area (Å²) in [5.74, 6) is -2.71. The van der Waals surface area contributed by atoms with Crippen LogP contribution in [0.15, 0.2) is 66.8 Å². The molecule has 0 amide bonds. The van der Waals surface area contributed by atoms with Gasteiger partial charge in [-0.3, -0.25) is 4.79 Å². The van der Waals surface area contributed by atoms with Crippen LogP contribution in [0.4, 0.5) is 13.2 Å². The number of ketones is 1. The lowest BCUT2D eigenvalue weighted by Crippen LogP contribution is -2.28. The molecule has 0 aliphatic heterocycles. The van der Waals surface area contributed by atoms with E-state index in [2.05, 4.69) is 0 Å². The monoisotopic (exact) mass is 278 g/mol. The molecule has 0 fully saturated rings. The van der Waals surface area contributed by atoms with Crippen LogP contribution in [-0.4, -0.2) is 12.0 Å². The molecule has 2 atom stereocenters. The lowest BCUT2D eigenvalue weighted by molar-refractivity contribution is -0.166. The van der Waals surface area contributed by atoms with Crippen molar-refractivity contribution in [3.8, 4) is 0 Å². The van der Waals surface area contributed by atoms with Crippen LogP contribution in [0, 0.1) is 11.8 Å². The van der Waals surface area contributed by atoms with E-state index in [4.69, 9.17) is 0 Å². The quantitative estimate of drug-likeness (QED) is 0.593. The minimum Gasteiger partial charge on any atom is -0.289 e. The maximum Gasteiger partial charge on any atom is 0.396 e. The van der Waals surface area contributed by atoms with Gasteiger partial charge in [-0.2, -0.15) is 13.2 Å². The number of carbonyl (C=O) groups is 1. The van der Waals surface area contributed by atoms with Crippen LogP contribution in [0.25, 0.3) is 0 Å². The highest BCUT2D eigenvalue weighted by Crippen LogP contribution is 2.36. The van der Waals surface area contributed by atoms with Gasteiger partial charge in [0.15, 0.2) is 5.78 Å². The van der Waals surface area contributed by atoms with E-state index in [1.165, 1.54) is 24.3 Å². The first-order valence-corrected chi connectivity index (χ1v) is 6.18. The van der Waals surface area contributed by atoms with Gasteiger partial charge >= 0.3 is 6.18 Å². The second-order valence-corrected chi connectivity index (χ2v) is 4.50. The number of hydrogen-bond donors (Lipinski definition) is 0. The van der Waals surface area contributed by atoms with Crippen LogP contribution in [0.1, 0.15) is 10.4 Å². The zero-order valence-corrected chi connectivity index (χ0v) is 10.5. The molecule has 4 heteroatoms. The smallest absolute Gasteiger partial charge is 0.289 e. The van der Waals surface area contributed by atoms with Crippen molar-refractivity contribution in [1.82, 2.24) is 0 Å². The Balaban J connectivity index is 2.12. The van der Waals surface area contributed by atoms with Crippen molar-refractivity contribution in [2.45, 2.75) is 6.18 Å². The summed E-state index contributed by atoms with van der Waals surface area (Å²) in [6, 6.07) is 8.45. The van der Waals surface area contributed by atoms with E-state index in [1.807, 2.05) is 0 Å². The van der Waals surface area contributed by atoms with E-state index < -0.39 is 18.0 Å². The fraction of sp³-hybridized carbons (Fsp3) is 0.188. The van der Waals surface area contributed by atoms with E-state index >= 15 is 0 Å². The first-order valence-electron chi connectivity index (χ1n) is 6.18. The Kier molecular flexibility index (Phi) is 4.23. The molecule has 1 aromatic carbocycles. The maximum atomic E-state index is 12.8. The Morgan fingerprint density at radius 2 is 1.70 bits per heavy atom. The highest BCUT2D eigenvalue weighted by atomic mass is 19.4. The second-order valence-electron chi connectivity index (χ2n) is 4.50. The molecule has 0 spiro atoms. The summed E-state index contributed by atoms with van der Waals surface area (Å²) in [4.78, 5) is 11.8. The van der Waals surface area contributed by atoms with Crippen molar-refractivity contribution in [1.29, 1.82) is 0 Å². The zero-order chi connectivity index (χ0) is 14.6. The fourth-order valence-corrected chi connectivity index (χ4v) is 2.03. The summed E-state index contributed by atoms with van der Waals surface area (Å²) in [5.41, 5.74) is 0.461. The largest absolute Gasteiger partial charge is 0.396 e. The molecule has 0 aromatic heterocycles. The Hall–Kier alpha value is -2.10. The molecule has 0 saturated heterocycles. The molecule has 104 valence electrons. The predicted molar refractivity (Wildman–Crippen MR) is 71.2 cm³/mol. The number of alkyl halides is 3. The van der Waals surface area contributed by atoms with Crippen LogP contribution in [0.3, 0.4) is 0 Å². The summed E-state index contributed by atoms with van der Waals surface area (Å²) in [7, 11) is 0. The van der Waals surface area contributed by atoms with E-state index in [1.54, 1.807) is 36.4 Å². The van der Waals surface area contributed by atoms with Gasteiger partial charge in [0.2, 0.25) is 0 Å². The molecule has 0 heterocycles. The first-order chi connectivity index (χ1) is 9.48. The lowest BCUT2D eigenvalue weighted by Gasteiger charge is -2.23. The third-order valence-electron chi connectivity index (χ3n) is 3.08. The van der Waals surface area contributed by atoms with Gasteiger partial charge in [0, 0.05) is 11.5 Å². The second kappa shape index (κ2) is 5.90. The minimum atomic E-state index is -4.31. The maximum absolute atomic E-state index is 12.8. The molecule has 0 saturated carbocycles. The number of allylic oxidation sites excluding steroid dienone is 6. The summed E-state index contributed by atoms with van der Waals surface area (Å²) in [6.07, 6.45) is 3.71. The molecule has 0 bridgehead atoms. The van der Waals surface area contributed by atoms with Gasteiger partial charge in [-0.1, -0.05) is 60.7 Å². The topological polar surface area (TPSA) is 17.1 Å². The van der Waals surface area contributed by atoms with Gasteiger partial charge in [-0.15, -0.1) is 0 Å². The van der Waals surface area contributed by atoms with E-state index in [0.29, 0.717) is 5.56 Å². The normalized spacial score (nSPS) is 22.4. The van der Waals surface area contributed by atoms with Crippen molar-refractivity contribution in [3.63, 3.8) is 0 Å². The first kappa shape index (κ1) is 14.3. The highest BCUT2D eigenvalue weighted by molar-refractivity contribution is 6.04. The number of carbonyl (C=O) groups excluding carboxylic acids is 1. The third kappa shape index (κ3) is 3.47. The predicted octanol–water partition coefficient (Wildman–Crippen LogP) is 4.35. The molecule has 20 heavy (non-hydrogen) atoms. The van der Waals surface area contributed by atoms with Crippen molar-refractivity contribution in [3.05, 3.63) is 72.4 Å². The summed E-state index contributed by atoms with van der Waals surface area (Å²) in [5, 5.41) is 0. The van der Waals surface area contributed by atoms with E-state index in [9.17, 15) is 18.0 Å². The van der Waals surface area contributed by atoms with Crippen molar-refractivity contribution >= 4 is 5.78 Å². The van der Waals surface area contributed by atoms with Crippen LogP contribution in [0.2, 0.25) is 0 Å². The van der Waals surface area contributed by atoms with Crippen molar-refractivity contribution in [2.75, 3.05) is 0 Å². The van der Waals surface area contributed by atoms with Crippen LogP contribution >= 0.6 is 0 Å². The van der Waals surface area contributed by atoms with Crippen LogP contribution in [0.5, 0.6) is 0 Å². The third-order valence-corrected chi connectivity index (χ3v) is 3.08. The van der Waals surface area contributed by atoms with E-state index in [0.717, 1.165) is 6.08 Å². The summed E-state index contributed by atoms with van der Waals surface area (Å²) >= 11 is 0. The Labute approximate surface area is 115 Å². The number of hydrogen-bond acceptors (Lipinski definition) is 1. The van der Waals surface area contributed by atoms with Crippen LogP contribution < -0.4 is 0 Å². The van der Waals surface area contributed by atoms with Gasteiger partial charge in [0.25, 0.3) is 0 Å². The van der Waals surface area contributed by atoms with Gasteiger partial charge < -0.3 is 0 Å². The molecular weight excluding hydrogens is 265 g/mol. The minimum absolute atomic E-state index is 0.297. The highest BCUT2D eigenvalue weighted by Gasteiger charge is 2.41. The summed E-state index contributed by atoms with van der Waals surface area (Å²) < 4.78 is 38.5. The Morgan fingerprint density at radius 3 is 2.35 bits per heavy atom. The molecule has 1 nitrogen and oxygen atoms in total. The average molecular weight is 278 g/mol. The van der Waals surface area contributed by atoms with Crippen LogP contribution in [-0.2, 0) is 0 Å². The number of benzene rings is 1. The van der Waals surface area contributed by atoms with E-state index in [-0.39, 0.29) is 5.78 Å². The van der Waals surface area contributed by atoms with Gasteiger partial charge in [-0.25, -0.2) is 0 Å². The molecule has 0 radical (unpaired) electrons. The number of rotatable bonds is 3. The Bertz CT molecular complexity index is 553. The lowest BCUT2D eigenvalue weighted by atomic mass is 9.87. The van der Waals surface area contributed by atoms with Crippen molar-refractivity contribution in [2.24, 2.45) is 11.8 Å². The van der Waals surface area contributed by atoms with Gasteiger partial charge in [0.05, 0.1) is 5.92 Å². The molecule has 0 N–H and O–H groups in total. The Morgan fingerprint density at radius 1 is 1.05 bits per heavy atom. The standard InChI is InChI=1S/C16H13F3O/c17-16(18,19)14-9-5-4-6-12(14)10-11-15(20)13-7-2-1-3-8-13/h1-12,14H/b11-10+. The summed E-state index contributed by atoms with van der Waals surface area (Å²) in [6.45, 7) is 0. The average Bonchev–Trinajstić information content (AvgIpc) is 2.45. The molecule has 2 unspecified atom stereocenters. The van der Waals surface area contributed by atoms with Gasteiger partial charge in [-0.05, 0) is 6.08 Å². The van der Waals surface area contributed by atoms with Crippen molar-refractivity contribution < 1.29 is 18.0 Å². The molecule has 2 rings (SSSR count). The fourth-order valence-electron chi connectivity index (χ4n) is 2.03. The molecule has 1 aliphatic carbocycles. The SMILES string of the molecule is O=C(/C=C/C1C=CC=CC1C(F)(F)F)c1ccccc1.